The minimum atomic E-state index is -0.121. The second-order valence-electron chi connectivity index (χ2n) is 5.49. The van der Waals surface area contributed by atoms with E-state index in [2.05, 4.69) is 32.3 Å². The van der Waals surface area contributed by atoms with Gasteiger partial charge in [-0.1, -0.05) is 19.8 Å². The second kappa shape index (κ2) is 15.4. The van der Waals surface area contributed by atoms with Gasteiger partial charge in [0.2, 0.25) is 0 Å². The molecule has 6 nitrogen and oxygen atoms in total. The molecular weight excluding hydrogens is 451 g/mol. The minimum Gasteiger partial charge on any atom is -0.469 e. The van der Waals surface area contributed by atoms with Gasteiger partial charge in [0.05, 0.1) is 12.1 Å². The van der Waals surface area contributed by atoms with Crippen LogP contribution in [0, 0.1) is 0 Å². The summed E-state index contributed by atoms with van der Waals surface area (Å²) in [5.74, 6) is 0.709. The molecule has 25 heavy (non-hydrogen) atoms. The lowest BCUT2D eigenvalue weighted by Gasteiger charge is -2.11. The van der Waals surface area contributed by atoms with Crippen LogP contribution < -0.4 is 10.6 Å². The van der Waals surface area contributed by atoms with E-state index in [9.17, 15) is 4.79 Å². The van der Waals surface area contributed by atoms with E-state index < -0.39 is 0 Å². The second-order valence-corrected chi connectivity index (χ2v) is 6.69. The zero-order valence-corrected chi connectivity index (χ0v) is 18.6. The Balaban J connectivity index is 0.00000576. The predicted octanol–water partition coefficient (Wildman–Crippen LogP) is 3.15. The largest absolute Gasteiger partial charge is 0.469 e. The molecule has 1 heterocycles. The van der Waals surface area contributed by atoms with Gasteiger partial charge in [-0.3, -0.25) is 9.79 Å². The van der Waals surface area contributed by atoms with Gasteiger partial charge in [0.15, 0.2) is 5.96 Å². The summed E-state index contributed by atoms with van der Waals surface area (Å²) < 4.78 is 4.62. The highest BCUT2D eigenvalue weighted by Crippen LogP contribution is 2.13. The van der Waals surface area contributed by atoms with Crippen LogP contribution in [-0.4, -0.2) is 44.2 Å². The number of methoxy groups -OCH3 is 1. The van der Waals surface area contributed by atoms with Crippen LogP contribution in [0.5, 0.6) is 0 Å². The van der Waals surface area contributed by atoms with Crippen LogP contribution in [0.15, 0.2) is 11.2 Å². The van der Waals surface area contributed by atoms with E-state index in [1.165, 1.54) is 17.0 Å². The number of carbonyl (C=O) groups is 1. The van der Waals surface area contributed by atoms with Crippen molar-refractivity contribution >= 4 is 47.2 Å². The molecule has 0 radical (unpaired) electrons. The van der Waals surface area contributed by atoms with Gasteiger partial charge in [-0.15, -0.1) is 35.3 Å². The number of nitrogens with zero attached hydrogens (tertiary/aromatic N) is 2. The quantitative estimate of drug-likeness (QED) is 0.167. The molecule has 0 unspecified atom stereocenters. The fourth-order valence-electron chi connectivity index (χ4n) is 2.19. The van der Waals surface area contributed by atoms with E-state index in [-0.39, 0.29) is 29.9 Å². The minimum absolute atomic E-state index is 0. The van der Waals surface area contributed by atoms with Gasteiger partial charge < -0.3 is 15.4 Å². The summed E-state index contributed by atoms with van der Waals surface area (Å²) in [6, 6.07) is 0. The van der Waals surface area contributed by atoms with Crippen molar-refractivity contribution in [3.63, 3.8) is 0 Å². The Hall–Kier alpha value is -0.900. The Labute approximate surface area is 172 Å². The first-order valence-corrected chi connectivity index (χ1v) is 9.46. The Bertz CT molecular complexity index is 509. The fraction of sp³-hybridized carbons (Fsp3) is 0.706. The van der Waals surface area contributed by atoms with Gasteiger partial charge >= 0.3 is 5.97 Å². The van der Waals surface area contributed by atoms with Crippen molar-refractivity contribution in [2.45, 2.75) is 51.9 Å². The van der Waals surface area contributed by atoms with Crippen LogP contribution in [-0.2, 0) is 22.4 Å². The number of aromatic nitrogens is 1. The number of hydrogen-bond donors (Lipinski definition) is 2. The predicted molar refractivity (Wildman–Crippen MR) is 115 cm³/mol. The van der Waals surface area contributed by atoms with Crippen molar-refractivity contribution in [1.82, 2.24) is 15.6 Å². The molecule has 2 N–H and O–H groups in total. The van der Waals surface area contributed by atoms with E-state index in [1.54, 1.807) is 18.4 Å². The van der Waals surface area contributed by atoms with Crippen LogP contribution in [0.3, 0.4) is 0 Å². The number of nitrogens with one attached hydrogen (secondary N) is 2. The first kappa shape index (κ1) is 24.1. The van der Waals surface area contributed by atoms with Gasteiger partial charge in [0.25, 0.3) is 0 Å². The van der Waals surface area contributed by atoms with Gasteiger partial charge in [-0.2, -0.15) is 0 Å². The van der Waals surface area contributed by atoms with Crippen molar-refractivity contribution in [2.75, 3.05) is 27.2 Å². The topological polar surface area (TPSA) is 75.6 Å². The summed E-state index contributed by atoms with van der Waals surface area (Å²) >= 11 is 1.78. The number of ether oxygens (including phenoxy) is 1. The molecule has 0 saturated heterocycles. The highest BCUT2D eigenvalue weighted by Gasteiger charge is 2.02. The average molecular weight is 482 g/mol. The normalized spacial score (nSPS) is 10.9. The number of unbranched alkanes of at least 4 members (excludes halogenated alkanes) is 3. The first-order valence-electron chi connectivity index (χ1n) is 8.64. The third kappa shape index (κ3) is 11.4. The Kier molecular flexibility index (Phi) is 14.8. The van der Waals surface area contributed by atoms with Gasteiger partial charge in [-0.25, -0.2) is 4.98 Å². The number of rotatable bonds is 11. The zero-order chi connectivity index (χ0) is 17.6. The third-order valence-electron chi connectivity index (χ3n) is 3.63. The Morgan fingerprint density at radius 3 is 2.60 bits per heavy atom. The van der Waals surface area contributed by atoms with E-state index in [0.29, 0.717) is 6.42 Å². The summed E-state index contributed by atoms with van der Waals surface area (Å²) in [5.41, 5.74) is 0. The SMILES string of the molecule is CCc1cnc(CCNC(=NC)NCCCCCCC(=O)OC)s1.I. The number of aliphatic imine (C=N–C) groups is 1. The molecule has 0 fully saturated rings. The molecule has 1 aromatic rings. The maximum Gasteiger partial charge on any atom is 0.305 e. The number of esters is 1. The number of aryl methyl sites for hydroxylation is 1. The summed E-state index contributed by atoms with van der Waals surface area (Å²) in [4.78, 5) is 21.0. The molecule has 0 aromatic carbocycles. The zero-order valence-electron chi connectivity index (χ0n) is 15.5. The molecule has 8 heteroatoms. The molecule has 1 aromatic heterocycles. The molecule has 0 spiro atoms. The lowest BCUT2D eigenvalue weighted by molar-refractivity contribution is -0.140. The van der Waals surface area contributed by atoms with Gasteiger partial charge in [0.1, 0.15) is 0 Å². The number of guanidine groups is 1. The smallest absolute Gasteiger partial charge is 0.305 e. The molecule has 1 rings (SSSR count). The van der Waals surface area contributed by atoms with Crippen LogP contribution >= 0.6 is 35.3 Å². The molecule has 0 amide bonds. The van der Waals surface area contributed by atoms with E-state index in [1.807, 2.05) is 6.20 Å². The van der Waals surface area contributed by atoms with E-state index >= 15 is 0 Å². The lowest BCUT2D eigenvalue weighted by Crippen LogP contribution is -2.38. The van der Waals surface area contributed by atoms with E-state index in [4.69, 9.17) is 0 Å². The van der Waals surface area contributed by atoms with Crippen LogP contribution in [0.1, 0.15) is 48.9 Å². The maximum atomic E-state index is 11.0. The Morgan fingerprint density at radius 1 is 1.24 bits per heavy atom. The molecular formula is C17H31IN4O2S. The van der Waals surface area contributed by atoms with Crippen LogP contribution in [0.4, 0.5) is 0 Å². The van der Waals surface area contributed by atoms with Crippen LogP contribution in [0.25, 0.3) is 0 Å². The number of hydrogen-bond acceptors (Lipinski definition) is 5. The third-order valence-corrected chi connectivity index (χ3v) is 4.83. The van der Waals surface area contributed by atoms with Crippen molar-refractivity contribution < 1.29 is 9.53 Å². The number of carbonyl (C=O) groups excluding carboxylic acids is 1. The molecule has 0 bridgehead atoms. The summed E-state index contributed by atoms with van der Waals surface area (Å²) in [7, 11) is 3.21. The standard InChI is InChI=1S/C17H30N4O2S.HI/c1-4-14-13-21-15(24-14)10-12-20-17(18-2)19-11-8-6-5-7-9-16(22)23-3;/h13H,4-12H2,1-3H3,(H2,18,19,20);1H. The highest BCUT2D eigenvalue weighted by molar-refractivity contribution is 14.0. The average Bonchev–Trinajstić information content (AvgIpc) is 3.07. The maximum absolute atomic E-state index is 11.0. The summed E-state index contributed by atoms with van der Waals surface area (Å²) in [6.45, 7) is 3.86. The molecule has 144 valence electrons. The molecule has 0 aliphatic rings. The van der Waals surface area contributed by atoms with Gasteiger partial charge in [-0.05, 0) is 19.3 Å². The van der Waals surface area contributed by atoms with Crippen LogP contribution in [0.2, 0.25) is 0 Å². The molecule has 0 aliphatic heterocycles. The highest BCUT2D eigenvalue weighted by atomic mass is 127. The monoisotopic (exact) mass is 482 g/mol. The number of thiazole rings is 1. The van der Waals surface area contributed by atoms with Gasteiger partial charge in [0, 0.05) is 44.1 Å². The lowest BCUT2D eigenvalue weighted by atomic mass is 10.1. The van der Waals surface area contributed by atoms with Crippen molar-refractivity contribution in [2.24, 2.45) is 4.99 Å². The molecule has 0 aliphatic carbocycles. The summed E-state index contributed by atoms with van der Waals surface area (Å²) in [6.07, 6.45) is 8.55. The Morgan fingerprint density at radius 2 is 1.96 bits per heavy atom. The first-order chi connectivity index (χ1) is 11.7. The van der Waals surface area contributed by atoms with E-state index in [0.717, 1.165) is 57.6 Å². The van der Waals surface area contributed by atoms with Crippen molar-refractivity contribution in [3.05, 3.63) is 16.1 Å². The van der Waals surface area contributed by atoms with Crippen molar-refractivity contribution in [3.8, 4) is 0 Å². The summed E-state index contributed by atoms with van der Waals surface area (Å²) in [5, 5.41) is 7.79. The van der Waals surface area contributed by atoms with Crippen molar-refractivity contribution in [1.29, 1.82) is 0 Å². The fourth-order valence-corrected chi connectivity index (χ4v) is 3.05. The number of halogens is 1. The molecule has 0 atom stereocenters. The molecule has 0 saturated carbocycles.